The van der Waals surface area contributed by atoms with Crippen LogP contribution in [0.5, 0.6) is 0 Å². The second-order valence-corrected chi connectivity index (χ2v) is 8.59. The Balaban J connectivity index is 1.75. The number of carbonyl (C=O) groups is 1. The topological polar surface area (TPSA) is 49.8 Å². The highest BCUT2D eigenvalue weighted by Crippen LogP contribution is 2.33. The molecule has 0 saturated carbocycles. The highest BCUT2D eigenvalue weighted by Gasteiger charge is 2.41. The zero-order valence-corrected chi connectivity index (χ0v) is 18.2. The third kappa shape index (κ3) is 4.99. The van der Waals surface area contributed by atoms with E-state index >= 15 is 0 Å². The maximum Gasteiger partial charge on any atom is 0.347 e. The summed E-state index contributed by atoms with van der Waals surface area (Å²) in [6.45, 7) is 3.46. The van der Waals surface area contributed by atoms with Crippen molar-refractivity contribution in [3.8, 4) is 0 Å². The van der Waals surface area contributed by atoms with E-state index in [1.54, 1.807) is 48.5 Å². The standard InChI is InChI=1S/C21H23Br2NO3/c22-18-8-4-16(5-9-18)21(26,17-6-10-19(23)11-7-17)20(25)27-15-3-14-24-12-1-2-13-24/h4-11,26H,1-3,12-15H2. The predicted octanol–water partition coefficient (Wildman–Crippen LogP) is 4.48. The molecule has 2 aromatic carbocycles. The van der Waals surface area contributed by atoms with Gasteiger partial charge in [0.15, 0.2) is 0 Å². The van der Waals surface area contributed by atoms with Crippen LogP contribution in [-0.4, -0.2) is 42.2 Å². The summed E-state index contributed by atoms with van der Waals surface area (Å²) in [4.78, 5) is 15.3. The predicted molar refractivity (Wildman–Crippen MR) is 113 cm³/mol. The molecule has 0 aromatic heterocycles. The van der Waals surface area contributed by atoms with Crippen LogP contribution < -0.4 is 0 Å². The van der Waals surface area contributed by atoms with Crippen LogP contribution in [0.1, 0.15) is 30.4 Å². The van der Waals surface area contributed by atoms with Gasteiger partial charge < -0.3 is 14.7 Å². The fraction of sp³-hybridized carbons (Fsp3) is 0.381. The largest absolute Gasteiger partial charge is 0.463 e. The minimum Gasteiger partial charge on any atom is -0.463 e. The molecule has 1 aliphatic rings. The molecule has 0 atom stereocenters. The summed E-state index contributed by atoms with van der Waals surface area (Å²) in [6.07, 6.45) is 3.25. The average Bonchev–Trinajstić information content (AvgIpc) is 3.19. The summed E-state index contributed by atoms with van der Waals surface area (Å²) in [6, 6.07) is 14.2. The van der Waals surface area contributed by atoms with Crippen LogP contribution in [0.4, 0.5) is 0 Å². The minimum atomic E-state index is -1.84. The van der Waals surface area contributed by atoms with Crippen LogP contribution in [0.3, 0.4) is 0 Å². The summed E-state index contributed by atoms with van der Waals surface area (Å²) in [5.74, 6) is -0.645. The summed E-state index contributed by atoms with van der Waals surface area (Å²) >= 11 is 6.78. The molecule has 6 heteroatoms. The lowest BCUT2D eigenvalue weighted by atomic mass is 9.86. The first-order valence-corrected chi connectivity index (χ1v) is 10.7. The van der Waals surface area contributed by atoms with Crippen LogP contribution in [0.15, 0.2) is 57.5 Å². The van der Waals surface area contributed by atoms with Crippen LogP contribution >= 0.6 is 31.9 Å². The zero-order chi connectivity index (χ0) is 19.3. The molecule has 1 fully saturated rings. The second kappa shape index (κ2) is 9.32. The molecule has 0 radical (unpaired) electrons. The second-order valence-electron chi connectivity index (χ2n) is 6.76. The van der Waals surface area contributed by atoms with Gasteiger partial charge in [-0.1, -0.05) is 56.1 Å². The van der Waals surface area contributed by atoms with Gasteiger partial charge in [0.1, 0.15) is 0 Å². The molecule has 0 amide bonds. The number of esters is 1. The van der Waals surface area contributed by atoms with Crippen molar-refractivity contribution in [3.63, 3.8) is 0 Å². The van der Waals surface area contributed by atoms with Crippen molar-refractivity contribution in [2.24, 2.45) is 0 Å². The molecular weight excluding hydrogens is 474 g/mol. The van der Waals surface area contributed by atoms with Gasteiger partial charge >= 0.3 is 5.97 Å². The van der Waals surface area contributed by atoms with Crippen molar-refractivity contribution in [1.29, 1.82) is 0 Å². The number of rotatable bonds is 7. The zero-order valence-electron chi connectivity index (χ0n) is 15.0. The summed E-state index contributed by atoms with van der Waals surface area (Å²) in [5.41, 5.74) is -0.871. The Hall–Kier alpha value is -1.21. The van der Waals surface area contributed by atoms with Crippen LogP contribution in [-0.2, 0) is 15.1 Å². The fourth-order valence-electron chi connectivity index (χ4n) is 3.35. The molecule has 0 spiro atoms. The van der Waals surface area contributed by atoms with Crippen LogP contribution in [0, 0.1) is 0 Å². The molecule has 27 heavy (non-hydrogen) atoms. The summed E-state index contributed by atoms with van der Waals surface area (Å²) in [7, 11) is 0. The Kier molecular flexibility index (Phi) is 7.09. The van der Waals surface area contributed by atoms with Crippen molar-refractivity contribution < 1.29 is 14.6 Å². The smallest absolute Gasteiger partial charge is 0.347 e. The van der Waals surface area contributed by atoms with E-state index in [4.69, 9.17) is 4.74 Å². The van der Waals surface area contributed by atoms with Crippen molar-refractivity contribution in [1.82, 2.24) is 4.90 Å². The lowest BCUT2D eigenvalue weighted by Gasteiger charge is -2.27. The maximum absolute atomic E-state index is 12.9. The molecule has 0 bridgehead atoms. The number of likely N-dealkylation sites (tertiary alicyclic amines) is 1. The van der Waals surface area contributed by atoms with E-state index in [1.807, 2.05) is 0 Å². The number of carbonyl (C=O) groups excluding carboxylic acids is 1. The average molecular weight is 497 g/mol. The molecular formula is C21H23Br2NO3. The lowest BCUT2D eigenvalue weighted by molar-refractivity contribution is -0.162. The number of hydrogen-bond donors (Lipinski definition) is 1. The number of nitrogens with zero attached hydrogens (tertiary/aromatic N) is 1. The highest BCUT2D eigenvalue weighted by atomic mass is 79.9. The molecule has 1 heterocycles. The molecule has 2 aromatic rings. The van der Waals surface area contributed by atoms with Crippen molar-refractivity contribution in [2.45, 2.75) is 24.9 Å². The van der Waals surface area contributed by atoms with Gasteiger partial charge in [-0.05, 0) is 67.7 Å². The van der Waals surface area contributed by atoms with Gasteiger partial charge in [-0.25, -0.2) is 4.79 Å². The Morgan fingerprint density at radius 1 is 0.963 bits per heavy atom. The van der Waals surface area contributed by atoms with E-state index in [-0.39, 0.29) is 0 Å². The SMILES string of the molecule is O=C(OCCCN1CCCC1)C(O)(c1ccc(Br)cc1)c1ccc(Br)cc1. The molecule has 1 saturated heterocycles. The van der Waals surface area contributed by atoms with Gasteiger partial charge in [-0.2, -0.15) is 0 Å². The van der Waals surface area contributed by atoms with E-state index in [0.29, 0.717) is 17.7 Å². The van der Waals surface area contributed by atoms with Crippen molar-refractivity contribution in [3.05, 3.63) is 68.6 Å². The highest BCUT2D eigenvalue weighted by molar-refractivity contribution is 9.10. The first kappa shape index (κ1) is 20.5. The third-order valence-corrected chi connectivity index (χ3v) is 5.93. The molecule has 0 aliphatic carbocycles. The van der Waals surface area contributed by atoms with E-state index in [9.17, 15) is 9.90 Å². The van der Waals surface area contributed by atoms with E-state index in [1.165, 1.54) is 12.8 Å². The number of benzene rings is 2. The van der Waals surface area contributed by atoms with Gasteiger partial charge in [0.25, 0.3) is 0 Å². The number of aliphatic hydroxyl groups is 1. The molecule has 1 N–H and O–H groups in total. The van der Waals surface area contributed by atoms with Crippen molar-refractivity contribution >= 4 is 37.8 Å². The first-order chi connectivity index (χ1) is 13.0. The Morgan fingerprint density at radius 3 is 1.93 bits per heavy atom. The molecule has 0 unspecified atom stereocenters. The first-order valence-electron chi connectivity index (χ1n) is 9.14. The molecule has 1 aliphatic heterocycles. The molecule has 144 valence electrons. The fourth-order valence-corrected chi connectivity index (χ4v) is 3.88. The molecule has 4 nitrogen and oxygen atoms in total. The van der Waals surface area contributed by atoms with Gasteiger partial charge in [0, 0.05) is 15.5 Å². The summed E-state index contributed by atoms with van der Waals surface area (Å²) < 4.78 is 7.25. The van der Waals surface area contributed by atoms with Gasteiger partial charge in [0.2, 0.25) is 5.60 Å². The van der Waals surface area contributed by atoms with Crippen LogP contribution in [0.25, 0.3) is 0 Å². The monoisotopic (exact) mass is 495 g/mol. The summed E-state index contributed by atoms with van der Waals surface area (Å²) in [5, 5.41) is 11.4. The van der Waals surface area contributed by atoms with Gasteiger partial charge in [-0.3, -0.25) is 0 Å². The van der Waals surface area contributed by atoms with E-state index in [0.717, 1.165) is 35.0 Å². The van der Waals surface area contributed by atoms with Gasteiger partial charge in [0.05, 0.1) is 6.61 Å². The quantitative estimate of drug-likeness (QED) is 0.453. The minimum absolute atomic E-state index is 0.296. The third-order valence-electron chi connectivity index (χ3n) is 4.87. The van der Waals surface area contributed by atoms with Crippen LogP contribution in [0.2, 0.25) is 0 Å². The lowest BCUT2D eigenvalue weighted by Crippen LogP contribution is -2.39. The molecule has 3 rings (SSSR count). The normalized spacial score (nSPS) is 15.1. The number of hydrogen-bond acceptors (Lipinski definition) is 4. The van der Waals surface area contributed by atoms with Gasteiger partial charge in [-0.15, -0.1) is 0 Å². The number of halogens is 2. The van der Waals surface area contributed by atoms with E-state index < -0.39 is 11.6 Å². The maximum atomic E-state index is 12.9. The van der Waals surface area contributed by atoms with Crippen molar-refractivity contribution in [2.75, 3.05) is 26.2 Å². The van der Waals surface area contributed by atoms with E-state index in [2.05, 4.69) is 36.8 Å². The Morgan fingerprint density at radius 2 is 1.44 bits per heavy atom. The Labute approximate surface area is 176 Å². The number of ether oxygens (including phenoxy) is 1. The Bertz CT molecular complexity index is 711.